The maximum absolute atomic E-state index is 14.4. The summed E-state index contributed by atoms with van der Waals surface area (Å²) in [5.74, 6) is -6.54. The zero-order chi connectivity index (χ0) is 49.8. The highest BCUT2D eigenvalue weighted by Gasteiger charge is 2.35. The third kappa shape index (κ3) is 19.2. The van der Waals surface area contributed by atoms with Gasteiger partial charge >= 0.3 is 5.97 Å². The quantitative estimate of drug-likeness (QED) is 0.0369. The van der Waals surface area contributed by atoms with Crippen LogP contribution in [0.25, 0.3) is 0 Å². The first-order chi connectivity index (χ1) is 31.6. The number of carboxylic acid groups (broad SMARTS) is 1. The summed E-state index contributed by atoms with van der Waals surface area (Å²) in [5, 5.41) is 45.4. The Hall–Kier alpha value is -6.39. The van der Waals surface area contributed by atoms with E-state index in [0.717, 1.165) is 6.26 Å². The average Bonchev–Trinajstić information content (AvgIpc) is 3.27. The van der Waals surface area contributed by atoms with Crippen molar-refractivity contribution in [3.05, 3.63) is 89.5 Å². The van der Waals surface area contributed by atoms with Crippen LogP contribution in [0.5, 0.6) is 11.5 Å². The van der Waals surface area contributed by atoms with Crippen LogP contribution in [-0.4, -0.2) is 120 Å². The molecule has 3 aromatic rings. The first-order valence-electron chi connectivity index (χ1n) is 21.6. The number of phenolic OH excluding ortho intramolecular Hbond substituents is 2. The molecule has 0 spiro atoms. The molecule has 6 amide bonds. The van der Waals surface area contributed by atoms with Crippen molar-refractivity contribution in [3.8, 4) is 11.5 Å². The van der Waals surface area contributed by atoms with Gasteiger partial charge in [0.25, 0.3) is 0 Å². The molecule has 0 saturated heterocycles. The van der Waals surface area contributed by atoms with Gasteiger partial charge in [-0.05, 0) is 84.8 Å². The Morgan fingerprint density at radius 2 is 1.03 bits per heavy atom. The molecule has 0 aliphatic rings. The van der Waals surface area contributed by atoms with Crippen LogP contribution in [0.3, 0.4) is 0 Å². The number of hydrogen-bond donors (Lipinski definition) is 12. The fraction of sp³-hybridized carbons (Fsp3) is 0.444. The zero-order valence-electron chi connectivity index (χ0n) is 37.8. The van der Waals surface area contributed by atoms with Gasteiger partial charge in [-0.15, -0.1) is 0 Å². The smallest absolute Gasteiger partial charge is 0.326 e. The lowest BCUT2D eigenvalue weighted by Crippen LogP contribution is -2.61. The van der Waals surface area contributed by atoms with Gasteiger partial charge < -0.3 is 53.0 Å². The van der Waals surface area contributed by atoms with E-state index in [1.54, 1.807) is 13.8 Å². The van der Waals surface area contributed by atoms with Crippen LogP contribution < -0.4 is 42.4 Å². The van der Waals surface area contributed by atoms with Gasteiger partial charge in [-0.3, -0.25) is 33.5 Å². The number of carbonyl (C=O) groups is 7. The lowest BCUT2D eigenvalue weighted by Gasteiger charge is -2.29. The monoisotopic (exact) mass is 970 g/mol. The number of rotatable bonds is 27. The van der Waals surface area contributed by atoms with E-state index in [1.165, 1.54) is 79.7 Å². The number of carbonyl (C=O) groups excluding carboxylic acids is 6. The van der Waals surface area contributed by atoms with Gasteiger partial charge in [-0.1, -0.05) is 56.7 Å². The number of carboxylic acids is 1. The number of anilines is 1. The van der Waals surface area contributed by atoms with Gasteiger partial charge in [-0.25, -0.2) is 13.2 Å². The van der Waals surface area contributed by atoms with Gasteiger partial charge in [-0.2, -0.15) is 12.6 Å². The molecular weight excluding hydrogens is 909 g/mol. The molecule has 20 nitrogen and oxygen atoms in total. The van der Waals surface area contributed by atoms with Crippen molar-refractivity contribution in [2.45, 2.75) is 102 Å². The summed E-state index contributed by atoms with van der Waals surface area (Å²) in [6, 6.07) is 9.51. The standard InChI is InChI=1S/C45H62N8O12S2/c1-5-26(2)39(52-43(60)38(25-66)47-27(3)54)44(61)50-36(23-29-11-17-32(55)18-12-29)41(58)48-34(8-6-7-21-46)40(57)49-35(22-28-9-15-31(16-10-28)53-67(4,64)65)42(59)51-37(45(62)63)24-30-13-19-33(56)20-14-30/h9-20,26,34-39,53,55-56,66H,5-8,21-25,46H2,1-4H3,(H,47,54)(H,48,58)(H,49,57)(H,50,61)(H,51,59)(H,52,60)(H,62,63)/t26?,34-,35-,36-,37-,38-,39-/m0/s1. The Bertz CT molecular complexity index is 2270. The van der Waals surface area contributed by atoms with Crippen LogP contribution >= 0.6 is 12.6 Å². The summed E-state index contributed by atoms with van der Waals surface area (Å²) in [5.41, 5.74) is 7.40. The summed E-state index contributed by atoms with van der Waals surface area (Å²) in [4.78, 5) is 94.2. The van der Waals surface area contributed by atoms with Crippen molar-refractivity contribution >= 4 is 69.8 Å². The summed E-state index contributed by atoms with van der Waals surface area (Å²) >= 11 is 4.16. The molecule has 7 atom stereocenters. The van der Waals surface area contributed by atoms with Gasteiger partial charge in [0.1, 0.15) is 47.8 Å². The van der Waals surface area contributed by atoms with Crippen molar-refractivity contribution in [1.29, 1.82) is 0 Å². The van der Waals surface area contributed by atoms with Gasteiger partial charge in [0.15, 0.2) is 0 Å². The van der Waals surface area contributed by atoms with Crippen LogP contribution in [0.15, 0.2) is 72.8 Å². The zero-order valence-corrected chi connectivity index (χ0v) is 39.5. The first kappa shape index (κ1) is 54.9. The van der Waals surface area contributed by atoms with Gasteiger partial charge in [0.05, 0.1) is 6.26 Å². The highest BCUT2D eigenvalue weighted by Crippen LogP contribution is 2.17. The molecular formula is C45H62N8O12S2. The molecule has 3 rings (SSSR count). The molecule has 22 heteroatoms. The third-order valence-electron chi connectivity index (χ3n) is 10.6. The number of sulfonamides is 1. The Morgan fingerprint density at radius 1 is 0.612 bits per heavy atom. The van der Waals surface area contributed by atoms with Crippen molar-refractivity contribution < 1.29 is 57.3 Å². The summed E-state index contributed by atoms with van der Waals surface area (Å²) < 4.78 is 26.0. The molecule has 0 fully saturated rings. The highest BCUT2D eigenvalue weighted by molar-refractivity contribution is 7.92. The van der Waals surface area contributed by atoms with Gasteiger partial charge in [0.2, 0.25) is 45.5 Å². The molecule has 0 aromatic heterocycles. The number of benzene rings is 3. The number of phenols is 2. The lowest BCUT2D eigenvalue weighted by molar-refractivity contribution is -0.142. The summed E-state index contributed by atoms with van der Waals surface area (Å²) in [6.45, 7) is 4.98. The van der Waals surface area contributed by atoms with Crippen LogP contribution in [0.2, 0.25) is 0 Å². The molecule has 12 N–H and O–H groups in total. The number of nitrogens with one attached hydrogen (secondary N) is 7. The molecule has 0 saturated carbocycles. The van der Waals surface area contributed by atoms with E-state index < -0.39 is 93.6 Å². The van der Waals surface area contributed by atoms with Gasteiger partial charge in [0, 0.05) is 37.6 Å². The molecule has 0 aliphatic heterocycles. The number of nitrogens with two attached hydrogens (primary N) is 1. The minimum atomic E-state index is -3.62. The number of hydrogen-bond acceptors (Lipinski definition) is 13. The molecule has 67 heavy (non-hydrogen) atoms. The SMILES string of the molecule is CCC(C)[C@H](NC(=O)[C@H](CS)NC(C)=O)C(=O)N[C@@H](Cc1ccc(O)cc1)C(=O)N[C@@H](CCCCN)C(=O)N[C@@H](Cc1ccc(NS(C)(=O)=O)cc1)C(=O)N[C@@H](Cc1ccc(O)cc1)C(=O)O. The molecule has 3 aromatic carbocycles. The third-order valence-corrected chi connectivity index (χ3v) is 11.6. The summed E-state index contributed by atoms with van der Waals surface area (Å²) in [6.07, 6.45) is 1.61. The van der Waals surface area contributed by atoms with E-state index in [4.69, 9.17) is 5.73 Å². The van der Waals surface area contributed by atoms with Crippen LogP contribution in [0.4, 0.5) is 5.69 Å². The van der Waals surface area contributed by atoms with Crippen molar-refractivity contribution in [2.24, 2.45) is 11.7 Å². The minimum Gasteiger partial charge on any atom is -0.508 e. The maximum atomic E-state index is 14.4. The van der Waals surface area contributed by atoms with Crippen molar-refractivity contribution in [3.63, 3.8) is 0 Å². The summed E-state index contributed by atoms with van der Waals surface area (Å²) in [7, 11) is -3.62. The van der Waals surface area contributed by atoms with Crippen molar-refractivity contribution in [1.82, 2.24) is 31.9 Å². The number of aliphatic carboxylic acids is 1. The average molecular weight is 971 g/mol. The van der Waals surface area contributed by atoms with Crippen LogP contribution in [-0.2, 0) is 62.8 Å². The molecule has 0 bridgehead atoms. The lowest BCUT2D eigenvalue weighted by atomic mass is 9.96. The molecule has 1 unspecified atom stereocenters. The number of amides is 6. The molecule has 0 aliphatic carbocycles. The maximum Gasteiger partial charge on any atom is 0.326 e. The number of aromatic hydroxyl groups is 2. The normalized spacial score (nSPS) is 14.4. The second-order valence-electron chi connectivity index (χ2n) is 16.2. The number of thiol groups is 1. The van der Waals surface area contributed by atoms with E-state index >= 15 is 0 Å². The topological polar surface area (TPSA) is 325 Å². The molecule has 366 valence electrons. The Labute approximate surface area is 395 Å². The number of unbranched alkanes of at least 4 members (excludes halogenated alkanes) is 1. The Balaban J connectivity index is 1.99. The second kappa shape index (κ2) is 26.7. The Morgan fingerprint density at radius 3 is 1.46 bits per heavy atom. The van der Waals surface area contributed by atoms with E-state index in [2.05, 4.69) is 49.3 Å². The van der Waals surface area contributed by atoms with Crippen molar-refractivity contribution in [2.75, 3.05) is 23.3 Å². The Kier molecular flexibility index (Phi) is 21.9. The highest BCUT2D eigenvalue weighted by atomic mass is 32.2. The van der Waals surface area contributed by atoms with E-state index in [9.17, 15) is 57.3 Å². The predicted molar refractivity (Wildman–Crippen MR) is 253 cm³/mol. The van der Waals surface area contributed by atoms with E-state index in [-0.39, 0.29) is 55.2 Å². The predicted octanol–water partition coefficient (Wildman–Crippen LogP) is 0.615. The van der Waals surface area contributed by atoms with Crippen LogP contribution in [0, 0.1) is 5.92 Å². The van der Waals surface area contributed by atoms with E-state index in [1.807, 2.05) is 0 Å². The molecule has 0 heterocycles. The fourth-order valence-corrected chi connectivity index (χ4v) is 7.57. The second-order valence-corrected chi connectivity index (χ2v) is 18.3. The largest absolute Gasteiger partial charge is 0.508 e. The van der Waals surface area contributed by atoms with Crippen LogP contribution in [0.1, 0.15) is 63.1 Å². The first-order valence-corrected chi connectivity index (χ1v) is 24.1. The fourth-order valence-electron chi connectivity index (χ4n) is 6.75. The van der Waals surface area contributed by atoms with E-state index in [0.29, 0.717) is 36.0 Å². The molecule has 0 radical (unpaired) electrons. The minimum absolute atomic E-state index is 0.00721.